The number of para-hydroxylation sites is 1. The number of amides is 2. The van der Waals surface area contributed by atoms with Crippen LogP contribution in [0.1, 0.15) is 43.0 Å². The number of nitrogens with one attached hydrogen (secondary N) is 2. The molecule has 2 amide bonds. The van der Waals surface area contributed by atoms with Crippen LogP contribution >= 0.6 is 0 Å². The molecule has 0 spiro atoms. The molecule has 0 saturated carbocycles. The molecular weight excluding hydrogens is 360 g/mol. The molecule has 0 aromatic heterocycles. The first kappa shape index (κ1) is 20.3. The summed E-state index contributed by atoms with van der Waals surface area (Å²) in [5.41, 5.74) is 5.87. The van der Waals surface area contributed by atoms with Gasteiger partial charge in [-0.1, -0.05) is 48.5 Å². The Labute approximate surface area is 172 Å². The lowest BCUT2D eigenvalue weighted by Crippen LogP contribution is -2.27. The summed E-state index contributed by atoms with van der Waals surface area (Å²) in [5, 5.41) is 5.84. The number of carbonyl (C=O) groups is 2. The number of carbonyl (C=O) groups excluding carboxylic acids is 2. The minimum atomic E-state index is -0.213. The van der Waals surface area contributed by atoms with Crippen LogP contribution in [0.5, 0.6) is 0 Å². The van der Waals surface area contributed by atoms with Gasteiger partial charge in [-0.15, -0.1) is 0 Å². The maximum Gasteiger partial charge on any atom is 0.255 e. The summed E-state index contributed by atoms with van der Waals surface area (Å²) in [4.78, 5) is 25.5. The van der Waals surface area contributed by atoms with Gasteiger partial charge in [-0.05, 0) is 67.6 Å². The van der Waals surface area contributed by atoms with Gasteiger partial charge in [0.2, 0.25) is 0 Å². The highest BCUT2D eigenvalue weighted by molar-refractivity contribution is 6.09. The first-order valence-corrected chi connectivity index (χ1v) is 9.76. The van der Waals surface area contributed by atoms with Crippen LogP contribution in [-0.2, 0) is 6.42 Å². The monoisotopic (exact) mass is 386 g/mol. The van der Waals surface area contributed by atoms with Crippen molar-refractivity contribution in [2.45, 2.75) is 27.2 Å². The molecule has 0 saturated heterocycles. The second-order valence-electron chi connectivity index (χ2n) is 7.24. The molecule has 0 bridgehead atoms. The van der Waals surface area contributed by atoms with Crippen molar-refractivity contribution in [3.05, 3.63) is 100 Å². The van der Waals surface area contributed by atoms with Gasteiger partial charge in [0.25, 0.3) is 11.8 Å². The van der Waals surface area contributed by atoms with Crippen LogP contribution in [0.25, 0.3) is 0 Å². The molecule has 148 valence electrons. The highest BCUT2D eigenvalue weighted by atomic mass is 16.2. The van der Waals surface area contributed by atoms with Crippen LogP contribution in [0.3, 0.4) is 0 Å². The van der Waals surface area contributed by atoms with E-state index < -0.39 is 0 Å². The summed E-state index contributed by atoms with van der Waals surface area (Å²) >= 11 is 0. The Balaban J connectivity index is 1.70. The minimum Gasteiger partial charge on any atom is -0.352 e. The van der Waals surface area contributed by atoms with Crippen LogP contribution in [0, 0.1) is 20.8 Å². The average Bonchev–Trinajstić information content (AvgIpc) is 2.71. The summed E-state index contributed by atoms with van der Waals surface area (Å²) in [6, 6.07) is 21.0. The molecule has 0 aliphatic heterocycles. The molecule has 4 nitrogen and oxygen atoms in total. The fourth-order valence-corrected chi connectivity index (χ4v) is 3.25. The largest absolute Gasteiger partial charge is 0.352 e. The van der Waals surface area contributed by atoms with E-state index in [9.17, 15) is 9.59 Å². The Morgan fingerprint density at radius 2 is 1.38 bits per heavy atom. The lowest BCUT2D eigenvalue weighted by Gasteiger charge is -2.13. The molecular formula is C25H26N2O2. The molecule has 0 heterocycles. The molecule has 2 N–H and O–H groups in total. The Hall–Kier alpha value is -3.40. The molecule has 29 heavy (non-hydrogen) atoms. The Morgan fingerprint density at radius 1 is 0.724 bits per heavy atom. The predicted molar refractivity (Wildman–Crippen MR) is 118 cm³/mol. The van der Waals surface area contributed by atoms with Gasteiger partial charge >= 0.3 is 0 Å². The molecule has 4 heteroatoms. The van der Waals surface area contributed by atoms with Gasteiger partial charge in [0, 0.05) is 12.1 Å². The Kier molecular flexibility index (Phi) is 6.45. The number of anilines is 1. The molecule has 0 aliphatic carbocycles. The van der Waals surface area contributed by atoms with Crippen molar-refractivity contribution < 1.29 is 9.59 Å². The quantitative estimate of drug-likeness (QED) is 0.637. The van der Waals surface area contributed by atoms with Gasteiger partial charge in [0.15, 0.2) is 0 Å². The zero-order valence-electron chi connectivity index (χ0n) is 17.1. The van der Waals surface area contributed by atoms with Gasteiger partial charge in [-0.25, -0.2) is 0 Å². The van der Waals surface area contributed by atoms with Crippen LogP contribution in [0.15, 0.2) is 66.7 Å². The molecule has 3 aromatic rings. The van der Waals surface area contributed by atoms with Gasteiger partial charge in [-0.3, -0.25) is 9.59 Å². The van der Waals surface area contributed by atoms with E-state index in [-0.39, 0.29) is 11.8 Å². The third kappa shape index (κ3) is 5.11. The molecule has 0 atom stereocenters. The van der Waals surface area contributed by atoms with E-state index in [1.807, 2.05) is 69.3 Å². The Morgan fingerprint density at radius 3 is 2.14 bits per heavy atom. The topological polar surface area (TPSA) is 58.2 Å². The standard InChI is InChI=1S/C25H26N2O2/c1-17-15-19(3)22(16-18(17)2)25(29)27-23-12-8-7-11-21(23)24(28)26-14-13-20-9-5-4-6-10-20/h4-12,15-16H,13-14H2,1-3H3,(H,26,28)(H,27,29). The number of aryl methyl sites for hydroxylation is 3. The van der Waals surface area contributed by atoms with Crippen LogP contribution in [0.2, 0.25) is 0 Å². The Bertz CT molecular complexity index is 1030. The summed E-state index contributed by atoms with van der Waals surface area (Å²) in [5.74, 6) is -0.413. The summed E-state index contributed by atoms with van der Waals surface area (Å²) < 4.78 is 0. The van der Waals surface area contributed by atoms with E-state index in [0.29, 0.717) is 23.4 Å². The average molecular weight is 386 g/mol. The molecule has 3 rings (SSSR count). The number of hydrogen-bond acceptors (Lipinski definition) is 2. The fourth-order valence-electron chi connectivity index (χ4n) is 3.25. The second-order valence-corrected chi connectivity index (χ2v) is 7.24. The maximum atomic E-state index is 12.8. The normalized spacial score (nSPS) is 10.4. The number of benzene rings is 3. The SMILES string of the molecule is Cc1cc(C)c(C(=O)Nc2ccccc2C(=O)NCCc2ccccc2)cc1C. The van der Waals surface area contributed by atoms with E-state index >= 15 is 0 Å². The smallest absolute Gasteiger partial charge is 0.255 e. The van der Waals surface area contributed by atoms with Crippen molar-refractivity contribution in [1.29, 1.82) is 0 Å². The van der Waals surface area contributed by atoms with Gasteiger partial charge < -0.3 is 10.6 Å². The minimum absolute atomic E-state index is 0.200. The zero-order valence-corrected chi connectivity index (χ0v) is 17.1. The highest BCUT2D eigenvalue weighted by Gasteiger charge is 2.15. The summed E-state index contributed by atoms with van der Waals surface area (Å²) in [6.45, 7) is 6.46. The lowest BCUT2D eigenvalue weighted by molar-refractivity contribution is 0.0955. The van der Waals surface area contributed by atoms with Crippen LogP contribution in [0.4, 0.5) is 5.69 Å². The third-order valence-corrected chi connectivity index (χ3v) is 5.05. The van der Waals surface area contributed by atoms with Crippen molar-refractivity contribution in [3.63, 3.8) is 0 Å². The van der Waals surface area contributed by atoms with E-state index in [0.717, 1.165) is 23.1 Å². The highest BCUT2D eigenvalue weighted by Crippen LogP contribution is 2.20. The van der Waals surface area contributed by atoms with Crippen molar-refractivity contribution >= 4 is 17.5 Å². The third-order valence-electron chi connectivity index (χ3n) is 5.05. The number of hydrogen-bond donors (Lipinski definition) is 2. The second kappa shape index (κ2) is 9.20. The van der Waals surface area contributed by atoms with Crippen molar-refractivity contribution in [2.24, 2.45) is 0 Å². The molecule has 3 aromatic carbocycles. The van der Waals surface area contributed by atoms with E-state index in [4.69, 9.17) is 0 Å². The first-order chi connectivity index (χ1) is 14.0. The lowest BCUT2D eigenvalue weighted by atomic mass is 10.00. The van der Waals surface area contributed by atoms with Crippen molar-refractivity contribution in [2.75, 3.05) is 11.9 Å². The van der Waals surface area contributed by atoms with Gasteiger partial charge in [0.1, 0.15) is 0 Å². The molecule has 0 aliphatic rings. The fraction of sp³-hybridized carbons (Fsp3) is 0.200. The van der Waals surface area contributed by atoms with Crippen LogP contribution < -0.4 is 10.6 Å². The molecule has 0 radical (unpaired) electrons. The zero-order chi connectivity index (χ0) is 20.8. The summed E-state index contributed by atoms with van der Waals surface area (Å²) in [6.07, 6.45) is 0.753. The van der Waals surface area contributed by atoms with Gasteiger partial charge in [-0.2, -0.15) is 0 Å². The summed E-state index contributed by atoms with van der Waals surface area (Å²) in [7, 11) is 0. The van der Waals surface area contributed by atoms with E-state index in [1.165, 1.54) is 5.56 Å². The first-order valence-electron chi connectivity index (χ1n) is 9.76. The van der Waals surface area contributed by atoms with E-state index in [1.54, 1.807) is 18.2 Å². The van der Waals surface area contributed by atoms with Crippen molar-refractivity contribution in [3.8, 4) is 0 Å². The van der Waals surface area contributed by atoms with Crippen LogP contribution in [-0.4, -0.2) is 18.4 Å². The van der Waals surface area contributed by atoms with Gasteiger partial charge in [0.05, 0.1) is 11.3 Å². The molecule has 0 unspecified atom stereocenters. The number of rotatable bonds is 6. The van der Waals surface area contributed by atoms with Crippen molar-refractivity contribution in [1.82, 2.24) is 5.32 Å². The maximum absolute atomic E-state index is 12.8. The predicted octanol–water partition coefficient (Wildman–Crippen LogP) is 4.84. The molecule has 0 fully saturated rings. The van der Waals surface area contributed by atoms with E-state index in [2.05, 4.69) is 10.6 Å².